The lowest BCUT2D eigenvalue weighted by Gasteiger charge is -2.23. The molecule has 0 amide bonds. The fourth-order valence-corrected chi connectivity index (χ4v) is 2.89. The third-order valence-corrected chi connectivity index (χ3v) is 4.07. The molecular formula is C17H18N2O. The van der Waals surface area contributed by atoms with Gasteiger partial charge >= 0.3 is 0 Å². The Hall–Kier alpha value is -2.16. The van der Waals surface area contributed by atoms with Crippen LogP contribution in [0, 0.1) is 6.92 Å². The highest BCUT2D eigenvalue weighted by Gasteiger charge is 2.28. The monoisotopic (exact) mass is 266 g/mol. The Morgan fingerprint density at radius 1 is 1.35 bits per heavy atom. The highest BCUT2D eigenvalue weighted by atomic mass is 16.1. The van der Waals surface area contributed by atoms with Crippen LogP contribution in [0.4, 0.5) is 5.69 Å². The number of fused-ring (bicyclic) bond motifs is 1. The van der Waals surface area contributed by atoms with Gasteiger partial charge in [0.1, 0.15) is 0 Å². The number of benzene rings is 1. The number of hydrogen-bond donors (Lipinski definition) is 1. The van der Waals surface area contributed by atoms with Gasteiger partial charge in [0.2, 0.25) is 0 Å². The van der Waals surface area contributed by atoms with Gasteiger partial charge in [-0.3, -0.25) is 9.78 Å². The van der Waals surface area contributed by atoms with E-state index in [1.807, 2.05) is 31.2 Å². The molecule has 102 valence electrons. The van der Waals surface area contributed by atoms with Crippen molar-refractivity contribution in [1.82, 2.24) is 4.98 Å². The summed E-state index contributed by atoms with van der Waals surface area (Å²) in [4.78, 5) is 17.2. The Kier molecular flexibility index (Phi) is 3.26. The standard InChI is InChI=1S/C17H18N2O/c1-11-10-13(7-8-15(11)18)17(20)14-6-2-4-12-5-3-9-19-16(12)14/h3,5,7-10,14H,2,4,6,18H2,1H3. The van der Waals surface area contributed by atoms with Crippen molar-refractivity contribution >= 4 is 11.5 Å². The lowest BCUT2D eigenvalue weighted by molar-refractivity contribution is 0.0949. The number of hydrogen-bond acceptors (Lipinski definition) is 3. The lowest BCUT2D eigenvalue weighted by atomic mass is 9.82. The number of carbonyl (C=O) groups is 1. The van der Waals surface area contributed by atoms with Crippen molar-refractivity contribution in [3.63, 3.8) is 0 Å². The van der Waals surface area contributed by atoms with Crippen molar-refractivity contribution in [2.75, 3.05) is 5.73 Å². The van der Waals surface area contributed by atoms with E-state index in [-0.39, 0.29) is 11.7 Å². The summed E-state index contributed by atoms with van der Waals surface area (Å²) in [6.45, 7) is 1.93. The summed E-state index contributed by atoms with van der Waals surface area (Å²) in [6.07, 6.45) is 4.72. The van der Waals surface area contributed by atoms with Crippen molar-refractivity contribution < 1.29 is 4.79 Å². The molecule has 1 unspecified atom stereocenters. The van der Waals surface area contributed by atoms with Gasteiger partial charge < -0.3 is 5.73 Å². The first-order chi connectivity index (χ1) is 9.66. The Labute approximate surface area is 118 Å². The van der Waals surface area contributed by atoms with Crippen molar-refractivity contribution in [3.8, 4) is 0 Å². The smallest absolute Gasteiger partial charge is 0.171 e. The SMILES string of the molecule is Cc1cc(C(=O)C2CCCc3cccnc32)ccc1N. The number of rotatable bonds is 2. The number of aryl methyl sites for hydroxylation is 2. The maximum Gasteiger partial charge on any atom is 0.171 e. The first-order valence-corrected chi connectivity index (χ1v) is 7.01. The molecular weight excluding hydrogens is 248 g/mol. The zero-order chi connectivity index (χ0) is 14.1. The number of anilines is 1. The van der Waals surface area contributed by atoms with E-state index in [4.69, 9.17) is 5.73 Å². The van der Waals surface area contributed by atoms with E-state index >= 15 is 0 Å². The second-order valence-electron chi connectivity index (χ2n) is 5.43. The number of aromatic nitrogens is 1. The quantitative estimate of drug-likeness (QED) is 0.670. The highest BCUT2D eigenvalue weighted by Crippen LogP contribution is 2.32. The minimum atomic E-state index is -0.108. The number of pyridine rings is 1. The van der Waals surface area contributed by atoms with Gasteiger partial charge in [-0.05, 0) is 61.6 Å². The average Bonchev–Trinajstić information content (AvgIpc) is 2.49. The molecule has 3 rings (SSSR count). The van der Waals surface area contributed by atoms with Crippen LogP contribution in [-0.4, -0.2) is 10.8 Å². The van der Waals surface area contributed by atoms with E-state index in [1.165, 1.54) is 5.56 Å². The number of Topliss-reactive ketones (excluding diaryl/α,β-unsaturated/α-hetero) is 1. The molecule has 1 aliphatic rings. The van der Waals surface area contributed by atoms with Crippen LogP contribution in [0.1, 0.15) is 45.9 Å². The molecule has 0 spiro atoms. The van der Waals surface area contributed by atoms with Crippen molar-refractivity contribution in [2.45, 2.75) is 32.1 Å². The van der Waals surface area contributed by atoms with Gasteiger partial charge in [0, 0.05) is 17.4 Å². The summed E-state index contributed by atoms with van der Waals surface area (Å²) in [7, 11) is 0. The highest BCUT2D eigenvalue weighted by molar-refractivity contribution is 6.01. The Bertz CT molecular complexity index is 664. The summed E-state index contributed by atoms with van der Waals surface area (Å²) < 4.78 is 0. The van der Waals surface area contributed by atoms with Crippen LogP contribution in [0.2, 0.25) is 0 Å². The van der Waals surface area contributed by atoms with E-state index < -0.39 is 0 Å². The molecule has 1 aromatic heterocycles. The molecule has 0 bridgehead atoms. The minimum Gasteiger partial charge on any atom is -0.399 e. The number of nitrogen functional groups attached to an aromatic ring is 1. The molecule has 1 aromatic carbocycles. The van der Waals surface area contributed by atoms with Crippen molar-refractivity contribution in [3.05, 3.63) is 58.9 Å². The van der Waals surface area contributed by atoms with Crippen LogP contribution in [0.15, 0.2) is 36.5 Å². The van der Waals surface area contributed by atoms with Crippen LogP contribution in [-0.2, 0) is 6.42 Å². The number of nitrogens with zero attached hydrogens (tertiary/aromatic N) is 1. The maximum absolute atomic E-state index is 12.7. The minimum absolute atomic E-state index is 0.108. The predicted molar refractivity (Wildman–Crippen MR) is 79.8 cm³/mol. The molecule has 2 aromatic rings. The van der Waals surface area contributed by atoms with E-state index in [0.717, 1.165) is 41.8 Å². The van der Waals surface area contributed by atoms with E-state index in [0.29, 0.717) is 0 Å². The van der Waals surface area contributed by atoms with Gasteiger partial charge in [-0.1, -0.05) is 6.07 Å². The Morgan fingerprint density at radius 2 is 2.20 bits per heavy atom. The summed E-state index contributed by atoms with van der Waals surface area (Å²) in [5, 5.41) is 0. The molecule has 0 saturated carbocycles. The second-order valence-corrected chi connectivity index (χ2v) is 5.43. The summed E-state index contributed by atoms with van der Waals surface area (Å²) in [5.74, 6) is 0.0516. The third kappa shape index (κ3) is 2.20. The first kappa shape index (κ1) is 12.9. The van der Waals surface area contributed by atoms with Crippen molar-refractivity contribution in [2.24, 2.45) is 0 Å². The number of ketones is 1. The first-order valence-electron chi connectivity index (χ1n) is 7.01. The molecule has 20 heavy (non-hydrogen) atoms. The predicted octanol–water partition coefficient (Wildman–Crippen LogP) is 3.28. The van der Waals surface area contributed by atoms with E-state index in [2.05, 4.69) is 11.1 Å². The normalized spacial score (nSPS) is 17.6. The zero-order valence-corrected chi connectivity index (χ0v) is 11.6. The number of carbonyl (C=O) groups excluding carboxylic acids is 1. The largest absolute Gasteiger partial charge is 0.399 e. The molecule has 3 heteroatoms. The van der Waals surface area contributed by atoms with Gasteiger partial charge in [0.25, 0.3) is 0 Å². The van der Waals surface area contributed by atoms with E-state index in [9.17, 15) is 4.79 Å². The molecule has 1 heterocycles. The van der Waals surface area contributed by atoms with Gasteiger partial charge in [0.15, 0.2) is 5.78 Å². The molecule has 3 nitrogen and oxygen atoms in total. The van der Waals surface area contributed by atoms with Crippen LogP contribution in [0.5, 0.6) is 0 Å². The van der Waals surface area contributed by atoms with Crippen LogP contribution < -0.4 is 5.73 Å². The van der Waals surface area contributed by atoms with Gasteiger partial charge in [-0.15, -0.1) is 0 Å². The van der Waals surface area contributed by atoms with Gasteiger partial charge in [-0.2, -0.15) is 0 Å². The van der Waals surface area contributed by atoms with Crippen LogP contribution in [0.3, 0.4) is 0 Å². The van der Waals surface area contributed by atoms with Crippen LogP contribution >= 0.6 is 0 Å². The fourth-order valence-electron chi connectivity index (χ4n) is 2.89. The molecule has 0 aliphatic heterocycles. The second kappa shape index (κ2) is 5.08. The Morgan fingerprint density at radius 3 is 3.00 bits per heavy atom. The molecule has 1 atom stereocenters. The maximum atomic E-state index is 12.7. The summed E-state index contributed by atoms with van der Waals surface area (Å²) in [6, 6.07) is 9.54. The van der Waals surface area contributed by atoms with Crippen LogP contribution in [0.25, 0.3) is 0 Å². The van der Waals surface area contributed by atoms with E-state index in [1.54, 1.807) is 6.20 Å². The molecule has 0 saturated heterocycles. The third-order valence-electron chi connectivity index (χ3n) is 4.07. The Balaban J connectivity index is 1.97. The summed E-state index contributed by atoms with van der Waals surface area (Å²) >= 11 is 0. The average molecular weight is 266 g/mol. The summed E-state index contributed by atoms with van der Waals surface area (Å²) in [5.41, 5.74) is 10.4. The fraction of sp³-hybridized carbons (Fsp3) is 0.294. The van der Waals surface area contributed by atoms with Gasteiger partial charge in [0.05, 0.1) is 11.6 Å². The molecule has 2 N–H and O–H groups in total. The van der Waals surface area contributed by atoms with Crippen molar-refractivity contribution in [1.29, 1.82) is 0 Å². The topological polar surface area (TPSA) is 56.0 Å². The molecule has 0 radical (unpaired) electrons. The zero-order valence-electron chi connectivity index (χ0n) is 11.6. The number of nitrogens with two attached hydrogens (primary N) is 1. The van der Waals surface area contributed by atoms with Gasteiger partial charge in [-0.25, -0.2) is 0 Å². The lowest BCUT2D eigenvalue weighted by Crippen LogP contribution is -2.20. The molecule has 0 fully saturated rings. The molecule has 1 aliphatic carbocycles.